The molecule has 0 spiro atoms. The van der Waals surface area contributed by atoms with Crippen LogP contribution in [0.4, 0.5) is 0 Å². The van der Waals surface area contributed by atoms with Crippen LogP contribution in [-0.2, 0) is 9.59 Å². The molecule has 1 aliphatic carbocycles. The molecule has 2 N–H and O–H groups in total. The van der Waals surface area contributed by atoms with Crippen molar-refractivity contribution in [3.8, 4) is 0 Å². The van der Waals surface area contributed by atoms with Crippen molar-refractivity contribution in [3.63, 3.8) is 0 Å². The molecule has 3 aliphatic rings. The first-order valence-electron chi connectivity index (χ1n) is 7.78. The monoisotopic (exact) mass is 264 g/mol. The van der Waals surface area contributed by atoms with E-state index in [1.807, 2.05) is 0 Å². The molecule has 0 aromatic rings. The van der Waals surface area contributed by atoms with Crippen molar-refractivity contribution in [2.24, 2.45) is 17.3 Å². The molecule has 4 nitrogen and oxygen atoms in total. The average Bonchev–Trinajstić information content (AvgIpc) is 2.95. The molecule has 0 bridgehead atoms. The summed E-state index contributed by atoms with van der Waals surface area (Å²) >= 11 is 0. The van der Waals surface area contributed by atoms with Gasteiger partial charge in [-0.3, -0.25) is 14.9 Å². The molecule has 1 unspecified atom stereocenters. The summed E-state index contributed by atoms with van der Waals surface area (Å²) in [5.41, 5.74) is -0.244. The Hall–Kier alpha value is -0.900. The highest BCUT2D eigenvalue weighted by molar-refractivity contribution is 6.01. The maximum absolute atomic E-state index is 12.7. The minimum Gasteiger partial charge on any atom is -0.317 e. The highest BCUT2D eigenvalue weighted by atomic mass is 16.2. The summed E-state index contributed by atoms with van der Waals surface area (Å²) in [6.07, 6.45) is 8.32. The van der Waals surface area contributed by atoms with Gasteiger partial charge in [-0.25, -0.2) is 0 Å². The van der Waals surface area contributed by atoms with Crippen LogP contribution in [0.15, 0.2) is 0 Å². The van der Waals surface area contributed by atoms with E-state index in [0.29, 0.717) is 18.3 Å². The summed E-state index contributed by atoms with van der Waals surface area (Å²) in [5.74, 6) is 0.934. The van der Waals surface area contributed by atoms with Gasteiger partial charge in [0.2, 0.25) is 11.8 Å². The van der Waals surface area contributed by atoms with Gasteiger partial charge in [-0.1, -0.05) is 12.8 Å². The normalized spacial score (nSPS) is 34.5. The van der Waals surface area contributed by atoms with Crippen molar-refractivity contribution in [2.45, 2.75) is 51.4 Å². The van der Waals surface area contributed by atoms with Gasteiger partial charge in [0, 0.05) is 6.42 Å². The Balaban J connectivity index is 1.89. The molecule has 2 amide bonds. The van der Waals surface area contributed by atoms with Crippen LogP contribution < -0.4 is 10.6 Å². The summed E-state index contributed by atoms with van der Waals surface area (Å²) in [7, 11) is 0. The molecule has 4 heteroatoms. The molecule has 2 aliphatic heterocycles. The van der Waals surface area contributed by atoms with Gasteiger partial charge in [0.15, 0.2) is 0 Å². The van der Waals surface area contributed by atoms with Crippen molar-refractivity contribution >= 4 is 11.8 Å². The Labute approximate surface area is 114 Å². The molecule has 3 rings (SSSR count). The topological polar surface area (TPSA) is 58.2 Å². The zero-order valence-electron chi connectivity index (χ0n) is 11.5. The fourth-order valence-corrected chi connectivity index (χ4v) is 4.63. The van der Waals surface area contributed by atoms with Crippen LogP contribution in [0.1, 0.15) is 51.4 Å². The fraction of sp³-hybridized carbons (Fsp3) is 0.867. The second kappa shape index (κ2) is 5.23. The van der Waals surface area contributed by atoms with Gasteiger partial charge in [0.05, 0.1) is 5.41 Å². The van der Waals surface area contributed by atoms with Gasteiger partial charge in [-0.2, -0.15) is 0 Å². The standard InChI is InChI=1S/C15H24N2O2/c18-13-5-8-15(14(19)17-13,11-3-1-2-4-11)12-6-9-16-10-7-12/h11-12,16H,1-10H2,(H,17,18,19). The first kappa shape index (κ1) is 13.1. The number of hydrogen-bond donors (Lipinski definition) is 2. The van der Waals surface area contributed by atoms with E-state index in [9.17, 15) is 9.59 Å². The van der Waals surface area contributed by atoms with Crippen molar-refractivity contribution in [3.05, 3.63) is 0 Å². The molecule has 3 fully saturated rings. The number of imide groups is 1. The van der Waals surface area contributed by atoms with E-state index < -0.39 is 0 Å². The van der Waals surface area contributed by atoms with Gasteiger partial charge in [-0.15, -0.1) is 0 Å². The van der Waals surface area contributed by atoms with E-state index in [1.165, 1.54) is 25.7 Å². The maximum atomic E-state index is 12.7. The molecule has 1 saturated carbocycles. The highest BCUT2D eigenvalue weighted by Crippen LogP contribution is 2.52. The molecule has 2 heterocycles. The lowest BCUT2D eigenvalue weighted by Gasteiger charge is -2.47. The van der Waals surface area contributed by atoms with E-state index in [4.69, 9.17) is 0 Å². The SMILES string of the molecule is O=C1CCC(C2CCCC2)(C2CCNCC2)C(=O)N1. The molecule has 19 heavy (non-hydrogen) atoms. The summed E-state index contributed by atoms with van der Waals surface area (Å²) in [5, 5.41) is 6.03. The lowest BCUT2D eigenvalue weighted by Crippen LogP contribution is -2.57. The number of carbonyl (C=O) groups excluding carboxylic acids is 2. The van der Waals surface area contributed by atoms with Crippen LogP contribution in [0.2, 0.25) is 0 Å². The zero-order chi connectivity index (χ0) is 13.3. The van der Waals surface area contributed by atoms with Crippen molar-refractivity contribution < 1.29 is 9.59 Å². The zero-order valence-corrected chi connectivity index (χ0v) is 11.5. The van der Waals surface area contributed by atoms with E-state index >= 15 is 0 Å². The lowest BCUT2D eigenvalue weighted by molar-refractivity contribution is -0.150. The second-order valence-electron chi connectivity index (χ2n) is 6.42. The molecule has 106 valence electrons. The third-order valence-electron chi connectivity index (χ3n) is 5.59. The highest BCUT2D eigenvalue weighted by Gasteiger charge is 2.53. The van der Waals surface area contributed by atoms with Crippen molar-refractivity contribution in [1.82, 2.24) is 10.6 Å². The van der Waals surface area contributed by atoms with Gasteiger partial charge in [-0.05, 0) is 57.0 Å². The smallest absolute Gasteiger partial charge is 0.233 e. The number of carbonyl (C=O) groups is 2. The van der Waals surface area contributed by atoms with Crippen molar-refractivity contribution in [1.29, 1.82) is 0 Å². The first-order chi connectivity index (χ1) is 9.23. The Morgan fingerprint density at radius 1 is 0.947 bits per heavy atom. The molecule has 2 saturated heterocycles. The quantitative estimate of drug-likeness (QED) is 0.745. The van der Waals surface area contributed by atoms with Crippen LogP contribution >= 0.6 is 0 Å². The Bertz CT molecular complexity index is 370. The van der Waals surface area contributed by atoms with Crippen LogP contribution in [0, 0.1) is 17.3 Å². The Morgan fingerprint density at radius 3 is 2.21 bits per heavy atom. The summed E-state index contributed by atoms with van der Waals surface area (Å²) in [6.45, 7) is 2.03. The number of amides is 2. The molecular weight excluding hydrogens is 240 g/mol. The minimum absolute atomic E-state index is 0.0440. The fourth-order valence-electron chi connectivity index (χ4n) is 4.63. The second-order valence-corrected chi connectivity index (χ2v) is 6.42. The van der Waals surface area contributed by atoms with E-state index in [-0.39, 0.29) is 17.2 Å². The van der Waals surface area contributed by atoms with Crippen LogP contribution in [0.3, 0.4) is 0 Å². The van der Waals surface area contributed by atoms with Gasteiger partial charge >= 0.3 is 0 Å². The molecule has 0 aromatic carbocycles. The average molecular weight is 264 g/mol. The maximum Gasteiger partial charge on any atom is 0.233 e. The van der Waals surface area contributed by atoms with E-state index in [2.05, 4.69) is 10.6 Å². The predicted molar refractivity (Wildman–Crippen MR) is 72.4 cm³/mol. The van der Waals surface area contributed by atoms with E-state index in [0.717, 1.165) is 32.4 Å². The molecule has 0 radical (unpaired) electrons. The van der Waals surface area contributed by atoms with Gasteiger partial charge in [0.25, 0.3) is 0 Å². The number of piperidine rings is 2. The predicted octanol–water partition coefficient (Wildman–Crippen LogP) is 1.60. The third kappa shape index (κ3) is 2.20. The third-order valence-corrected chi connectivity index (χ3v) is 5.59. The van der Waals surface area contributed by atoms with Gasteiger partial charge < -0.3 is 5.32 Å². The van der Waals surface area contributed by atoms with Crippen LogP contribution in [0.25, 0.3) is 0 Å². The lowest BCUT2D eigenvalue weighted by atomic mass is 9.59. The Morgan fingerprint density at radius 2 is 1.58 bits per heavy atom. The van der Waals surface area contributed by atoms with Crippen LogP contribution in [0.5, 0.6) is 0 Å². The molecule has 1 atom stereocenters. The minimum atomic E-state index is -0.244. The first-order valence-corrected chi connectivity index (χ1v) is 7.78. The van der Waals surface area contributed by atoms with Crippen molar-refractivity contribution in [2.75, 3.05) is 13.1 Å². The number of rotatable bonds is 2. The summed E-state index contributed by atoms with van der Waals surface area (Å²) < 4.78 is 0. The van der Waals surface area contributed by atoms with E-state index in [1.54, 1.807) is 0 Å². The van der Waals surface area contributed by atoms with Crippen LogP contribution in [-0.4, -0.2) is 24.9 Å². The summed E-state index contributed by atoms with van der Waals surface area (Å²) in [6, 6.07) is 0. The summed E-state index contributed by atoms with van der Waals surface area (Å²) in [4.78, 5) is 24.2. The largest absolute Gasteiger partial charge is 0.317 e. The number of nitrogens with one attached hydrogen (secondary N) is 2. The van der Waals surface area contributed by atoms with Gasteiger partial charge in [0.1, 0.15) is 0 Å². The molecular formula is C15H24N2O2. The number of hydrogen-bond acceptors (Lipinski definition) is 3. The molecule has 0 aromatic heterocycles. The Kier molecular flexibility index (Phi) is 3.61.